The van der Waals surface area contributed by atoms with E-state index in [2.05, 4.69) is 4.98 Å². The zero-order valence-corrected chi connectivity index (χ0v) is 14.1. The molecule has 2 aliphatic rings. The van der Waals surface area contributed by atoms with E-state index in [9.17, 15) is 18.0 Å². The monoisotopic (exact) mass is 359 g/mol. The van der Waals surface area contributed by atoms with Gasteiger partial charge in [-0.1, -0.05) is 19.3 Å². The summed E-state index contributed by atoms with van der Waals surface area (Å²) in [7, 11) is 0. The van der Waals surface area contributed by atoms with E-state index in [-0.39, 0.29) is 12.6 Å². The lowest BCUT2D eigenvalue weighted by Crippen LogP contribution is -2.40. The average Bonchev–Trinajstić information content (AvgIpc) is 3.22. The number of carbonyl (C=O) groups excluding carboxylic acids is 1. The number of hydrogen-bond acceptors (Lipinski definition) is 4. The Hall–Kier alpha value is -1.57. The molecule has 0 aromatic carbocycles. The first-order valence-electron chi connectivity index (χ1n) is 8.95. The second-order valence-electron chi connectivity index (χ2n) is 6.97. The van der Waals surface area contributed by atoms with Crippen molar-refractivity contribution in [2.24, 2.45) is 0 Å². The molecule has 1 aliphatic heterocycles. The van der Waals surface area contributed by atoms with Crippen LogP contribution in [-0.4, -0.2) is 41.6 Å². The molecule has 1 aromatic heterocycles. The molecular weight excluding hydrogens is 335 g/mol. The molecule has 8 heteroatoms. The minimum absolute atomic E-state index is 0.0676. The zero-order chi connectivity index (χ0) is 17.9. The maximum atomic E-state index is 12.2. The quantitative estimate of drug-likeness (QED) is 0.874. The molecule has 0 bridgehead atoms. The number of alkyl halides is 3. The minimum atomic E-state index is -4.39. The van der Waals surface area contributed by atoms with Gasteiger partial charge in [0.15, 0.2) is 0 Å². The van der Waals surface area contributed by atoms with Crippen molar-refractivity contribution in [2.45, 2.75) is 63.1 Å². The number of rotatable bonds is 5. The van der Waals surface area contributed by atoms with Gasteiger partial charge < -0.3 is 9.73 Å². The summed E-state index contributed by atoms with van der Waals surface area (Å²) < 4.78 is 42.3. The number of nitrogens with zero attached hydrogens (tertiary/aromatic N) is 2. The van der Waals surface area contributed by atoms with Gasteiger partial charge in [-0.3, -0.25) is 9.69 Å². The molecule has 0 radical (unpaired) electrons. The Morgan fingerprint density at radius 3 is 2.72 bits per heavy atom. The molecule has 140 valence electrons. The van der Waals surface area contributed by atoms with Gasteiger partial charge in [0.25, 0.3) is 0 Å². The summed E-state index contributed by atoms with van der Waals surface area (Å²) >= 11 is 0. The Labute approximate surface area is 145 Å². The van der Waals surface area contributed by atoms with Crippen molar-refractivity contribution < 1.29 is 22.4 Å². The number of nitrogens with one attached hydrogen (secondary N) is 1. The predicted molar refractivity (Wildman–Crippen MR) is 84.9 cm³/mol. The van der Waals surface area contributed by atoms with Crippen LogP contribution in [0.15, 0.2) is 10.7 Å². The predicted octanol–water partition coefficient (Wildman–Crippen LogP) is 3.54. The summed E-state index contributed by atoms with van der Waals surface area (Å²) in [6.45, 7) is -0.706. The first-order valence-corrected chi connectivity index (χ1v) is 8.95. The van der Waals surface area contributed by atoms with E-state index >= 15 is 0 Å². The second kappa shape index (κ2) is 7.76. The van der Waals surface area contributed by atoms with E-state index in [4.69, 9.17) is 4.42 Å². The van der Waals surface area contributed by atoms with E-state index in [1.54, 1.807) is 6.26 Å². The van der Waals surface area contributed by atoms with Crippen molar-refractivity contribution in [3.63, 3.8) is 0 Å². The van der Waals surface area contributed by atoms with Crippen LogP contribution in [0.25, 0.3) is 0 Å². The van der Waals surface area contributed by atoms with Crippen LogP contribution in [0.1, 0.15) is 68.5 Å². The number of oxazole rings is 1. The molecule has 25 heavy (non-hydrogen) atoms. The van der Waals surface area contributed by atoms with E-state index < -0.39 is 18.6 Å². The summed E-state index contributed by atoms with van der Waals surface area (Å²) in [6.07, 6.45) is 4.94. The molecule has 1 atom stereocenters. The Kier molecular flexibility index (Phi) is 5.66. The molecular formula is C17H24F3N3O2. The number of amides is 1. The van der Waals surface area contributed by atoms with E-state index in [1.165, 1.54) is 19.3 Å². The first kappa shape index (κ1) is 18.2. The van der Waals surface area contributed by atoms with Gasteiger partial charge in [0, 0.05) is 5.92 Å². The Balaban J connectivity index is 1.58. The number of carbonyl (C=O) groups is 1. The van der Waals surface area contributed by atoms with E-state index in [0.29, 0.717) is 18.4 Å². The lowest BCUT2D eigenvalue weighted by molar-refractivity contribution is -0.139. The third kappa shape index (κ3) is 4.96. The largest absolute Gasteiger partial charge is 0.447 e. The van der Waals surface area contributed by atoms with Crippen molar-refractivity contribution in [1.29, 1.82) is 0 Å². The second-order valence-corrected chi connectivity index (χ2v) is 6.97. The lowest BCUT2D eigenvalue weighted by Gasteiger charge is -2.22. The average molecular weight is 359 g/mol. The standard InChI is InChI=1S/C17H24F3N3O2/c18-17(19,20)11-21-15(24)9-23-8-4-7-14(23)16-22-13(10-25-16)12-5-2-1-3-6-12/h10,12,14H,1-9,11H2,(H,21,24). The van der Waals surface area contributed by atoms with Gasteiger partial charge in [0.2, 0.25) is 11.8 Å². The lowest BCUT2D eigenvalue weighted by atomic mass is 9.87. The van der Waals surface area contributed by atoms with Gasteiger partial charge in [-0.15, -0.1) is 0 Å². The fraction of sp³-hybridized carbons (Fsp3) is 0.765. The van der Waals surface area contributed by atoms with Crippen molar-refractivity contribution in [3.05, 3.63) is 17.8 Å². The fourth-order valence-electron chi connectivity index (χ4n) is 3.77. The van der Waals surface area contributed by atoms with Crippen molar-refractivity contribution in [3.8, 4) is 0 Å². The zero-order valence-electron chi connectivity index (χ0n) is 14.1. The Bertz CT molecular complexity index is 582. The van der Waals surface area contributed by atoms with Crippen LogP contribution >= 0.6 is 0 Å². The van der Waals surface area contributed by atoms with Crippen LogP contribution in [0.2, 0.25) is 0 Å². The number of hydrogen-bond donors (Lipinski definition) is 1. The van der Waals surface area contributed by atoms with Crippen LogP contribution in [-0.2, 0) is 4.79 Å². The molecule has 1 saturated heterocycles. The summed E-state index contributed by atoms with van der Waals surface area (Å²) in [4.78, 5) is 18.3. The highest BCUT2D eigenvalue weighted by atomic mass is 19.4. The Morgan fingerprint density at radius 1 is 1.24 bits per heavy atom. The van der Waals surface area contributed by atoms with Crippen LogP contribution in [0, 0.1) is 0 Å². The van der Waals surface area contributed by atoms with Crippen LogP contribution in [0.4, 0.5) is 13.2 Å². The van der Waals surface area contributed by atoms with Crippen molar-refractivity contribution >= 4 is 5.91 Å². The van der Waals surface area contributed by atoms with E-state index in [1.807, 2.05) is 10.2 Å². The minimum Gasteiger partial charge on any atom is -0.447 e. The number of likely N-dealkylation sites (tertiary alicyclic amines) is 1. The van der Waals surface area contributed by atoms with Gasteiger partial charge in [-0.05, 0) is 32.2 Å². The van der Waals surface area contributed by atoms with Gasteiger partial charge in [-0.2, -0.15) is 13.2 Å². The first-order chi connectivity index (χ1) is 11.9. The van der Waals surface area contributed by atoms with Crippen molar-refractivity contribution in [2.75, 3.05) is 19.6 Å². The maximum absolute atomic E-state index is 12.2. The van der Waals surface area contributed by atoms with Crippen LogP contribution in [0.5, 0.6) is 0 Å². The number of halogens is 3. The molecule has 3 rings (SSSR count). The summed E-state index contributed by atoms with van der Waals surface area (Å²) in [5.41, 5.74) is 0.975. The summed E-state index contributed by atoms with van der Waals surface area (Å²) in [5, 5.41) is 1.92. The summed E-state index contributed by atoms with van der Waals surface area (Å²) in [6, 6.07) is -0.131. The van der Waals surface area contributed by atoms with Crippen LogP contribution in [0.3, 0.4) is 0 Å². The third-order valence-electron chi connectivity index (χ3n) is 5.04. The molecule has 1 unspecified atom stereocenters. The van der Waals surface area contributed by atoms with Gasteiger partial charge in [0.05, 0.1) is 18.3 Å². The molecule has 1 aromatic rings. The molecule has 2 fully saturated rings. The molecule has 1 amide bonds. The molecule has 0 spiro atoms. The molecule has 2 heterocycles. The highest BCUT2D eigenvalue weighted by molar-refractivity contribution is 5.78. The van der Waals surface area contributed by atoms with Crippen LogP contribution < -0.4 is 5.32 Å². The smallest absolute Gasteiger partial charge is 0.405 e. The molecule has 1 saturated carbocycles. The van der Waals surface area contributed by atoms with Crippen molar-refractivity contribution in [1.82, 2.24) is 15.2 Å². The SMILES string of the molecule is O=C(CN1CCCC1c1nc(C2CCCCC2)co1)NCC(F)(F)F. The maximum Gasteiger partial charge on any atom is 0.405 e. The van der Waals surface area contributed by atoms with Gasteiger partial charge in [-0.25, -0.2) is 4.98 Å². The molecule has 1 N–H and O–H groups in total. The Morgan fingerprint density at radius 2 is 2.00 bits per heavy atom. The number of aromatic nitrogens is 1. The molecule has 5 nitrogen and oxygen atoms in total. The van der Waals surface area contributed by atoms with Gasteiger partial charge >= 0.3 is 6.18 Å². The summed E-state index contributed by atoms with van der Waals surface area (Å²) in [5.74, 6) is 0.404. The topological polar surface area (TPSA) is 58.4 Å². The van der Waals surface area contributed by atoms with Gasteiger partial charge in [0.1, 0.15) is 12.8 Å². The van der Waals surface area contributed by atoms with E-state index in [0.717, 1.165) is 31.4 Å². The third-order valence-corrected chi connectivity index (χ3v) is 5.04. The molecule has 1 aliphatic carbocycles. The normalized spacial score (nSPS) is 23.1. The highest BCUT2D eigenvalue weighted by Gasteiger charge is 2.33. The highest BCUT2D eigenvalue weighted by Crippen LogP contribution is 2.35. The fourth-order valence-corrected chi connectivity index (χ4v) is 3.77.